The van der Waals surface area contributed by atoms with Gasteiger partial charge in [-0.25, -0.2) is 0 Å². The quantitative estimate of drug-likeness (QED) is 0.695. The average molecular weight is 224 g/mol. The van der Waals surface area contributed by atoms with E-state index in [9.17, 15) is 22.8 Å². The van der Waals surface area contributed by atoms with Crippen LogP contribution in [0.5, 0.6) is 0 Å². The molecule has 1 atom stereocenters. The molecule has 0 aromatic heterocycles. The first-order valence-electron chi connectivity index (χ1n) is 4.33. The van der Waals surface area contributed by atoms with Gasteiger partial charge in [-0.15, -0.1) is 0 Å². The third-order valence-electron chi connectivity index (χ3n) is 2.60. The van der Waals surface area contributed by atoms with Gasteiger partial charge in [0.2, 0.25) is 5.91 Å². The van der Waals surface area contributed by atoms with Gasteiger partial charge in [0.15, 0.2) is 0 Å². The topological polar surface area (TPSA) is 63.4 Å². The molecule has 1 fully saturated rings. The number of hydrogen-bond donors (Lipinski definition) is 1. The molecule has 1 rings (SSSR count). The van der Waals surface area contributed by atoms with Gasteiger partial charge in [0.25, 0.3) is 0 Å². The first-order chi connectivity index (χ1) is 6.67. The highest BCUT2D eigenvalue weighted by atomic mass is 19.4. The van der Waals surface area contributed by atoms with Crippen molar-refractivity contribution in [3.63, 3.8) is 0 Å². The van der Waals surface area contributed by atoms with E-state index in [1.165, 1.54) is 6.92 Å². The molecule has 0 aromatic rings. The molecule has 7 heteroatoms. The SMILES string of the molecule is CC1(C(N)=O)CCN(C(=O)C(F)(F)F)C1. The highest BCUT2D eigenvalue weighted by molar-refractivity contribution is 5.85. The van der Waals surface area contributed by atoms with Crippen LogP contribution in [-0.2, 0) is 9.59 Å². The standard InChI is InChI=1S/C8H11F3N2O2/c1-7(5(12)14)2-3-13(4-7)6(15)8(9,10)11/h2-4H2,1H3,(H2,12,14). The predicted molar refractivity (Wildman–Crippen MR) is 44.6 cm³/mol. The number of nitrogens with two attached hydrogens (primary N) is 1. The second-order valence-electron chi connectivity index (χ2n) is 3.90. The third kappa shape index (κ3) is 2.21. The van der Waals surface area contributed by atoms with Crippen molar-refractivity contribution in [3.8, 4) is 0 Å². The maximum Gasteiger partial charge on any atom is 0.471 e. The lowest BCUT2D eigenvalue weighted by Gasteiger charge is -2.21. The summed E-state index contributed by atoms with van der Waals surface area (Å²) in [6.07, 6.45) is -4.72. The summed E-state index contributed by atoms with van der Waals surface area (Å²) in [6, 6.07) is 0. The predicted octanol–water partition coefficient (Wildman–Crippen LogP) is 0.273. The van der Waals surface area contributed by atoms with Crippen molar-refractivity contribution in [1.82, 2.24) is 4.90 Å². The van der Waals surface area contributed by atoms with Gasteiger partial charge < -0.3 is 10.6 Å². The van der Waals surface area contributed by atoms with Crippen LogP contribution in [-0.4, -0.2) is 36.0 Å². The number of carbonyl (C=O) groups is 2. The molecule has 15 heavy (non-hydrogen) atoms. The monoisotopic (exact) mass is 224 g/mol. The number of carbonyl (C=O) groups excluding carboxylic acids is 2. The Morgan fingerprint density at radius 3 is 2.27 bits per heavy atom. The Balaban J connectivity index is 2.73. The van der Waals surface area contributed by atoms with Crippen molar-refractivity contribution in [3.05, 3.63) is 0 Å². The second kappa shape index (κ2) is 3.39. The first-order valence-corrected chi connectivity index (χ1v) is 4.33. The summed E-state index contributed by atoms with van der Waals surface area (Å²) < 4.78 is 36.1. The highest BCUT2D eigenvalue weighted by Crippen LogP contribution is 2.32. The summed E-state index contributed by atoms with van der Waals surface area (Å²) in [4.78, 5) is 22.4. The van der Waals surface area contributed by atoms with E-state index in [2.05, 4.69) is 0 Å². The van der Waals surface area contributed by atoms with Crippen molar-refractivity contribution in [2.45, 2.75) is 19.5 Å². The first kappa shape index (κ1) is 11.8. The fourth-order valence-electron chi connectivity index (χ4n) is 1.51. The molecule has 1 heterocycles. The number of primary amides is 1. The summed E-state index contributed by atoms with van der Waals surface area (Å²) >= 11 is 0. The van der Waals surface area contributed by atoms with Crippen LogP contribution in [0.3, 0.4) is 0 Å². The minimum atomic E-state index is -4.89. The maximum atomic E-state index is 12.0. The molecule has 1 saturated heterocycles. The lowest BCUT2D eigenvalue weighted by Crippen LogP contribution is -2.43. The number of nitrogens with zero attached hydrogens (tertiary/aromatic N) is 1. The zero-order chi connectivity index (χ0) is 11.9. The van der Waals surface area contributed by atoms with E-state index >= 15 is 0 Å². The van der Waals surface area contributed by atoms with E-state index in [-0.39, 0.29) is 19.5 Å². The summed E-state index contributed by atoms with van der Waals surface area (Å²) in [5, 5.41) is 0. The summed E-state index contributed by atoms with van der Waals surface area (Å²) in [7, 11) is 0. The van der Waals surface area contributed by atoms with Crippen LogP contribution < -0.4 is 5.73 Å². The zero-order valence-electron chi connectivity index (χ0n) is 8.10. The Morgan fingerprint density at radius 2 is 1.93 bits per heavy atom. The number of hydrogen-bond acceptors (Lipinski definition) is 2. The Kier molecular flexibility index (Phi) is 2.67. The van der Waals surface area contributed by atoms with Crippen molar-refractivity contribution in [2.24, 2.45) is 11.1 Å². The number of halogens is 3. The minimum absolute atomic E-state index is 0.0855. The van der Waals surface area contributed by atoms with Crippen molar-refractivity contribution < 1.29 is 22.8 Å². The lowest BCUT2D eigenvalue weighted by molar-refractivity contribution is -0.184. The molecule has 4 nitrogen and oxygen atoms in total. The molecular weight excluding hydrogens is 213 g/mol. The molecule has 0 radical (unpaired) electrons. The molecule has 0 aliphatic carbocycles. The van der Waals surface area contributed by atoms with Gasteiger partial charge in [0.05, 0.1) is 5.41 Å². The van der Waals surface area contributed by atoms with Crippen LogP contribution in [0.1, 0.15) is 13.3 Å². The zero-order valence-corrected chi connectivity index (χ0v) is 8.10. The molecule has 2 amide bonds. The Hall–Kier alpha value is -1.27. The fourth-order valence-corrected chi connectivity index (χ4v) is 1.51. The smallest absolute Gasteiger partial charge is 0.369 e. The van der Waals surface area contributed by atoms with Crippen LogP contribution >= 0.6 is 0 Å². The van der Waals surface area contributed by atoms with Gasteiger partial charge in [0, 0.05) is 13.1 Å². The molecule has 0 bridgehead atoms. The van der Waals surface area contributed by atoms with Gasteiger partial charge in [-0.1, -0.05) is 0 Å². The van der Waals surface area contributed by atoms with Gasteiger partial charge in [-0.3, -0.25) is 9.59 Å². The Morgan fingerprint density at radius 1 is 1.40 bits per heavy atom. The van der Waals surface area contributed by atoms with Crippen molar-refractivity contribution in [2.75, 3.05) is 13.1 Å². The van der Waals surface area contributed by atoms with E-state index in [4.69, 9.17) is 5.73 Å². The van der Waals surface area contributed by atoms with E-state index in [1.54, 1.807) is 0 Å². The molecular formula is C8H11F3N2O2. The molecule has 86 valence electrons. The summed E-state index contributed by atoms with van der Waals surface area (Å²) in [5.41, 5.74) is 4.00. The lowest BCUT2D eigenvalue weighted by atomic mass is 9.89. The Bertz CT molecular complexity index is 303. The van der Waals surface area contributed by atoms with E-state index in [1.807, 2.05) is 0 Å². The number of amides is 2. The third-order valence-corrected chi connectivity index (χ3v) is 2.60. The van der Waals surface area contributed by atoms with Crippen LogP contribution in [0.4, 0.5) is 13.2 Å². The molecule has 0 spiro atoms. The van der Waals surface area contributed by atoms with Gasteiger partial charge >= 0.3 is 12.1 Å². The molecule has 1 aliphatic heterocycles. The van der Waals surface area contributed by atoms with E-state index in [0.717, 1.165) is 0 Å². The number of likely N-dealkylation sites (tertiary alicyclic amines) is 1. The molecule has 0 saturated carbocycles. The molecule has 1 aliphatic rings. The minimum Gasteiger partial charge on any atom is -0.369 e. The van der Waals surface area contributed by atoms with Crippen molar-refractivity contribution in [1.29, 1.82) is 0 Å². The van der Waals surface area contributed by atoms with Crippen molar-refractivity contribution >= 4 is 11.8 Å². The average Bonchev–Trinajstić information content (AvgIpc) is 2.46. The van der Waals surface area contributed by atoms with Gasteiger partial charge in [0.1, 0.15) is 0 Å². The molecule has 0 aromatic carbocycles. The normalized spacial score (nSPS) is 26.8. The largest absolute Gasteiger partial charge is 0.471 e. The van der Waals surface area contributed by atoms with Gasteiger partial charge in [-0.05, 0) is 13.3 Å². The van der Waals surface area contributed by atoms with Gasteiger partial charge in [-0.2, -0.15) is 13.2 Å². The maximum absolute atomic E-state index is 12.0. The summed E-state index contributed by atoms with van der Waals surface area (Å²) in [6.45, 7) is 1.11. The van der Waals surface area contributed by atoms with Crippen LogP contribution in [0.2, 0.25) is 0 Å². The Labute approximate surface area is 84.2 Å². The highest BCUT2D eigenvalue weighted by Gasteiger charge is 2.48. The van der Waals surface area contributed by atoms with E-state index < -0.39 is 23.4 Å². The van der Waals surface area contributed by atoms with Crippen LogP contribution in [0, 0.1) is 5.41 Å². The fraction of sp³-hybridized carbons (Fsp3) is 0.750. The second-order valence-corrected chi connectivity index (χ2v) is 3.90. The molecule has 2 N–H and O–H groups in total. The molecule has 1 unspecified atom stereocenters. The van der Waals surface area contributed by atoms with Crippen LogP contribution in [0.15, 0.2) is 0 Å². The summed E-state index contributed by atoms with van der Waals surface area (Å²) in [5.74, 6) is -2.59. The number of rotatable bonds is 1. The van der Waals surface area contributed by atoms with Crippen LogP contribution in [0.25, 0.3) is 0 Å². The van der Waals surface area contributed by atoms with E-state index in [0.29, 0.717) is 4.90 Å². The number of alkyl halides is 3.